The highest BCUT2D eigenvalue weighted by molar-refractivity contribution is 7.18. The normalized spacial score (nSPS) is 10.3. The quantitative estimate of drug-likeness (QED) is 0.766. The standard InChI is InChI=1S/C14H13N7OS/c1-8-6-9(2)17-12(16-8)18-13(22)19-14-21-20-11(23-14)10-4-3-5-15-7-10/h3-7H,1-2H3,(H2,16,17,18,19,21,22). The van der Waals surface area contributed by atoms with Gasteiger partial charge >= 0.3 is 6.03 Å². The number of hydrogen-bond acceptors (Lipinski definition) is 7. The van der Waals surface area contributed by atoms with Crippen molar-refractivity contribution in [3.8, 4) is 10.6 Å². The Morgan fingerprint density at radius 1 is 1.13 bits per heavy atom. The minimum atomic E-state index is -0.469. The molecular formula is C14H13N7OS. The van der Waals surface area contributed by atoms with E-state index in [0.717, 1.165) is 17.0 Å². The van der Waals surface area contributed by atoms with E-state index in [1.54, 1.807) is 12.4 Å². The van der Waals surface area contributed by atoms with Gasteiger partial charge < -0.3 is 0 Å². The zero-order valence-electron chi connectivity index (χ0n) is 12.4. The first kappa shape index (κ1) is 15.0. The fraction of sp³-hybridized carbons (Fsp3) is 0.143. The molecule has 0 aliphatic heterocycles. The molecule has 0 aliphatic carbocycles. The number of aryl methyl sites for hydroxylation is 2. The number of rotatable bonds is 3. The third-order valence-electron chi connectivity index (χ3n) is 2.76. The number of amides is 2. The Labute approximate surface area is 136 Å². The summed E-state index contributed by atoms with van der Waals surface area (Å²) < 4.78 is 0. The van der Waals surface area contributed by atoms with Crippen molar-refractivity contribution in [1.29, 1.82) is 0 Å². The van der Waals surface area contributed by atoms with Crippen molar-refractivity contribution in [2.24, 2.45) is 0 Å². The Hall–Kier alpha value is -2.94. The van der Waals surface area contributed by atoms with Crippen LogP contribution in [0.3, 0.4) is 0 Å². The lowest BCUT2D eigenvalue weighted by Crippen LogP contribution is -2.21. The van der Waals surface area contributed by atoms with Crippen LogP contribution in [-0.2, 0) is 0 Å². The molecule has 0 aliphatic rings. The molecule has 0 radical (unpaired) electrons. The van der Waals surface area contributed by atoms with Gasteiger partial charge in [0.15, 0.2) is 5.01 Å². The van der Waals surface area contributed by atoms with Crippen LogP contribution in [0.2, 0.25) is 0 Å². The maximum atomic E-state index is 12.0. The molecule has 3 rings (SSSR count). The van der Waals surface area contributed by atoms with Crippen molar-refractivity contribution in [1.82, 2.24) is 25.1 Å². The lowest BCUT2D eigenvalue weighted by Gasteiger charge is -2.05. The maximum absolute atomic E-state index is 12.0. The third kappa shape index (κ3) is 3.83. The fourth-order valence-electron chi connectivity index (χ4n) is 1.89. The summed E-state index contributed by atoms with van der Waals surface area (Å²) in [6, 6.07) is 5.05. The Balaban J connectivity index is 1.68. The van der Waals surface area contributed by atoms with Crippen LogP contribution in [-0.4, -0.2) is 31.2 Å². The molecule has 0 spiro atoms. The SMILES string of the molecule is Cc1cc(C)nc(NC(=O)Nc2nnc(-c3cccnc3)s2)n1. The lowest BCUT2D eigenvalue weighted by molar-refractivity contribution is 0.262. The van der Waals surface area contributed by atoms with E-state index in [2.05, 4.69) is 35.8 Å². The highest BCUT2D eigenvalue weighted by Crippen LogP contribution is 2.25. The van der Waals surface area contributed by atoms with E-state index in [4.69, 9.17) is 0 Å². The van der Waals surface area contributed by atoms with Crippen molar-refractivity contribution in [2.45, 2.75) is 13.8 Å². The summed E-state index contributed by atoms with van der Waals surface area (Å²) in [5, 5.41) is 14.2. The highest BCUT2D eigenvalue weighted by atomic mass is 32.1. The monoisotopic (exact) mass is 327 g/mol. The number of aromatic nitrogens is 5. The van der Waals surface area contributed by atoms with E-state index in [0.29, 0.717) is 10.1 Å². The Kier molecular flexibility index (Phi) is 4.20. The van der Waals surface area contributed by atoms with Crippen molar-refractivity contribution >= 4 is 28.4 Å². The summed E-state index contributed by atoms with van der Waals surface area (Å²) >= 11 is 1.26. The van der Waals surface area contributed by atoms with Crippen molar-refractivity contribution in [2.75, 3.05) is 10.6 Å². The zero-order valence-corrected chi connectivity index (χ0v) is 13.3. The van der Waals surface area contributed by atoms with Crippen molar-refractivity contribution in [3.05, 3.63) is 42.0 Å². The number of hydrogen-bond donors (Lipinski definition) is 2. The summed E-state index contributed by atoms with van der Waals surface area (Å²) in [6.07, 6.45) is 3.37. The Morgan fingerprint density at radius 2 is 1.91 bits per heavy atom. The molecule has 0 saturated carbocycles. The second-order valence-corrected chi connectivity index (χ2v) is 5.69. The molecule has 2 amide bonds. The lowest BCUT2D eigenvalue weighted by atomic mass is 10.3. The highest BCUT2D eigenvalue weighted by Gasteiger charge is 2.11. The second-order valence-electron chi connectivity index (χ2n) is 4.71. The van der Waals surface area contributed by atoms with E-state index in [1.165, 1.54) is 11.3 Å². The predicted molar refractivity (Wildman–Crippen MR) is 87.3 cm³/mol. The fourth-order valence-corrected chi connectivity index (χ4v) is 2.62. The Bertz CT molecular complexity index is 814. The van der Waals surface area contributed by atoms with Crippen molar-refractivity contribution < 1.29 is 4.79 Å². The molecule has 3 heterocycles. The molecule has 9 heteroatoms. The minimum Gasteiger partial charge on any atom is -0.282 e. The van der Waals surface area contributed by atoms with Gasteiger partial charge in [0.2, 0.25) is 11.1 Å². The largest absolute Gasteiger partial charge is 0.327 e. The summed E-state index contributed by atoms with van der Waals surface area (Å²) in [5.41, 5.74) is 2.40. The van der Waals surface area contributed by atoms with Gasteiger partial charge in [-0.15, -0.1) is 10.2 Å². The molecule has 0 saturated heterocycles. The van der Waals surface area contributed by atoms with Crippen LogP contribution >= 0.6 is 11.3 Å². The van der Waals surface area contributed by atoms with Crippen LogP contribution in [0, 0.1) is 13.8 Å². The van der Waals surface area contributed by atoms with Crippen LogP contribution in [0.1, 0.15) is 11.4 Å². The molecule has 0 fully saturated rings. The van der Waals surface area contributed by atoms with Crippen LogP contribution in [0.4, 0.5) is 15.9 Å². The molecule has 0 atom stereocenters. The van der Waals surface area contributed by atoms with Gasteiger partial charge in [0.05, 0.1) is 0 Å². The first-order valence-electron chi connectivity index (χ1n) is 6.74. The number of carbonyl (C=O) groups excluding carboxylic acids is 1. The molecule has 0 bridgehead atoms. The number of urea groups is 1. The summed E-state index contributed by atoms with van der Waals surface area (Å²) in [6.45, 7) is 3.67. The molecular weight excluding hydrogens is 314 g/mol. The van der Waals surface area contributed by atoms with E-state index >= 15 is 0 Å². The molecule has 2 N–H and O–H groups in total. The smallest absolute Gasteiger partial charge is 0.282 e. The van der Waals surface area contributed by atoms with Gasteiger partial charge in [-0.1, -0.05) is 11.3 Å². The van der Waals surface area contributed by atoms with Gasteiger partial charge in [-0.2, -0.15) is 0 Å². The molecule has 116 valence electrons. The number of nitrogens with zero attached hydrogens (tertiary/aromatic N) is 5. The zero-order chi connectivity index (χ0) is 16.2. The third-order valence-corrected chi connectivity index (χ3v) is 3.65. The molecule has 3 aromatic rings. The van der Waals surface area contributed by atoms with Crippen LogP contribution in [0.25, 0.3) is 10.6 Å². The van der Waals surface area contributed by atoms with Crippen LogP contribution < -0.4 is 10.6 Å². The molecule has 3 aromatic heterocycles. The first-order chi connectivity index (χ1) is 11.1. The topological polar surface area (TPSA) is 106 Å². The molecule has 0 aromatic carbocycles. The molecule has 0 unspecified atom stereocenters. The molecule has 8 nitrogen and oxygen atoms in total. The average molecular weight is 327 g/mol. The van der Waals surface area contributed by atoms with Crippen LogP contribution in [0.5, 0.6) is 0 Å². The van der Waals surface area contributed by atoms with Gasteiger partial charge in [-0.25, -0.2) is 14.8 Å². The minimum absolute atomic E-state index is 0.247. The van der Waals surface area contributed by atoms with E-state index in [1.807, 2.05) is 32.0 Å². The number of carbonyl (C=O) groups is 1. The Morgan fingerprint density at radius 3 is 2.61 bits per heavy atom. The number of pyridine rings is 1. The maximum Gasteiger partial charge on any atom is 0.327 e. The van der Waals surface area contributed by atoms with Gasteiger partial charge in [-0.05, 0) is 32.0 Å². The summed E-state index contributed by atoms with van der Waals surface area (Å²) in [7, 11) is 0. The van der Waals surface area contributed by atoms with Crippen LogP contribution in [0.15, 0.2) is 30.6 Å². The number of anilines is 2. The van der Waals surface area contributed by atoms with Gasteiger partial charge in [0, 0.05) is 29.3 Å². The van der Waals surface area contributed by atoms with E-state index < -0.39 is 6.03 Å². The summed E-state index contributed by atoms with van der Waals surface area (Å²) in [5.74, 6) is 0.247. The summed E-state index contributed by atoms with van der Waals surface area (Å²) in [4.78, 5) is 24.3. The van der Waals surface area contributed by atoms with E-state index in [-0.39, 0.29) is 5.95 Å². The average Bonchev–Trinajstić information content (AvgIpc) is 2.95. The first-order valence-corrected chi connectivity index (χ1v) is 7.56. The van der Waals surface area contributed by atoms with Gasteiger partial charge in [0.25, 0.3) is 0 Å². The predicted octanol–water partition coefficient (Wildman–Crippen LogP) is 2.65. The number of nitrogens with one attached hydrogen (secondary N) is 2. The van der Waals surface area contributed by atoms with Gasteiger partial charge in [0.1, 0.15) is 0 Å². The van der Waals surface area contributed by atoms with Crippen molar-refractivity contribution in [3.63, 3.8) is 0 Å². The second kappa shape index (κ2) is 6.44. The molecule has 23 heavy (non-hydrogen) atoms. The van der Waals surface area contributed by atoms with E-state index in [9.17, 15) is 4.79 Å². The van der Waals surface area contributed by atoms with Gasteiger partial charge in [-0.3, -0.25) is 15.6 Å².